The highest BCUT2D eigenvalue weighted by Gasteiger charge is 2.15. The molecule has 0 spiro atoms. The van der Waals surface area contributed by atoms with Crippen molar-refractivity contribution in [2.24, 2.45) is 0 Å². The number of halogens is 2. The molecule has 2 heterocycles. The van der Waals surface area contributed by atoms with Crippen LogP contribution in [0.3, 0.4) is 0 Å². The summed E-state index contributed by atoms with van der Waals surface area (Å²) < 4.78 is 7.85. The topological polar surface area (TPSA) is 66.0 Å². The van der Waals surface area contributed by atoms with Gasteiger partial charge in [-0.05, 0) is 56.2 Å². The molecule has 0 aliphatic rings. The Bertz CT molecular complexity index is 977. The molecular formula is C21H26Cl2N4OS. The fourth-order valence-corrected chi connectivity index (χ4v) is 4.74. The number of hydrogen-bond acceptors (Lipinski definition) is 5. The minimum atomic E-state index is 0.471. The summed E-state index contributed by atoms with van der Waals surface area (Å²) in [6.45, 7) is 6.05. The number of benzene rings is 1. The Balaban J connectivity index is 1.59. The first kappa shape index (κ1) is 22.2. The van der Waals surface area contributed by atoms with Crippen molar-refractivity contribution in [3.05, 3.63) is 45.8 Å². The van der Waals surface area contributed by atoms with Gasteiger partial charge < -0.3 is 15.0 Å². The molecule has 3 aromatic rings. The minimum absolute atomic E-state index is 0.471. The van der Waals surface area contributed by atoms with Gasteiger partial charge in [-0.1, -0.05) is 29.6 Å². The van der Waals surface area contributed by atoms with E-state index < -0.39 is 0 Å². The van der Waals surface area contributed by atoms with E-state index in [0.717, 1.165) is 63.9 Å². The van der Waals surface area contributed by atoms with Gasteiger partial charge in [0, 0.05) is 29.3 Å². The lowest BCUT2D eigenvalue weighted by Crippen LogP contribution is -2.07. The SMILES string of the molecule is CCOCc1nc2c(N)ncc(C)c2n1CCCCCSc1ccc(Cl)cc1Cl. The number of ether oxygens (including phenoxy) is 1. The van der Waals surface area contributed by atoms with Gasteiger partial charge in [0.2, 0.25) is 0 Å². The van der Waals surface area contributed by atoms with Crippen LogP contribution in [0.1, 0.15) is 37.6 Å². The zero-order valence-electron chi connectivity index (χ0n) is 16.8. The van der Waals surface area contributed by atoms with Gasteiger partial charge in [-0.2, -0.15) is 0 Å². The Morgan fingerprint density at radius 2 is 2.03 bits per heavy atom. The van der Waals surface area contributed by atoms with Gasteiger partial charge in [-0.25, -0.2) is 9.97 Å². The van der Waals surface area contributed by atoms with Gasteiger partial charge in [0.1, 0.15) is 17.9 Å². The fraction of sp³-hybridized carbons (Fsp3) is 0.429. The monoisotopic (exact) mass is 452 g/mol. The first-order valence-electron chi connectivity index (χ1n) is 9.77. The smallest absolute Gasteiger partial charge is 0.151 e. The van der Waals surface area contributed by atoms with Crippen LogP contribution in [0.25, 0.3) is 11.0 Å². The summed E-state index contributed by atoms with van der Waals surface area (Å²) in [4.78, 5) is 10.0. The van der Waals surface area contributed by atoms with E-state index >= 15 is 0 Å². The predicted molar refractivity (Wildman–Crippen MR) is 123 cm³/mol. The van der Waals surface area contributed by atoms with E-state index in [1.165, 1.54) is 0 Å². The van der Waals surface area contributed by atoms with Crippen molar-refractivity contribution < 1.29 is 4.74 Å². The van der Waals surface area contributed by atoms with E-state index in [1.54, 1.807) is 17.8 Å². The van der Waals surface area contributed by atoms with Gasteiger partial charge in [0.05, 0.1) is 10.5 Å². The molecule has 1 aromatic carbocycles. The number of nitrogen functional groups attached to an aromatic ring is 1. The van der Waals surface area contributed by atoms with Gasteiger partial charge in [-0.3, -0.25) is 0 Å². The second kappa shape index (κ2) is 10.5. The zero-order valence-corrected chi connectivity index (χ0v) is 19.1. The molecule has 0 saturated carbocycles. The number of nitrogens with zero attached hydrogens (tertiary/aromatic N) is 3. The lowest BCUT2D eigenvalue weighted by Gasteiger charge is -2.11. The normalized spacial score (nSPS) is 11.4. The molecule has 0 bridgehead atoms. The molecule has 5 nitrogen and oxygen atoms in total. The number of thioether (sulfide) groups is 1. The molecule has 2 N–H and O–H groups in total. The maximum atomic E-state index is 6.24. The Morgan fingerprint density at radius 3 is 2.79 bits per heavy atom. The van der Waals surface area contributed by atoms with E-state index in [4.69, 9.17) is 38.7 Å². The summed E-state index contributed by atoms with van der Waals surface area (Å²) in [6, 6.07) is 5.65. The van der Waals surface area contributed by atoms with Crippen LogP contribution in [0.2, 0.25) is 10.0 Å². The number of rotatable bonds is 10. The third-order valence-electron chi connectivity index (χ3n) is 4.67. The Kier molecular flexibility index (Phi) is 8.07. The van der Waals surface area contributed by atoms with Crippen LogP contribution < -0.4 is 5.73 Å². The van der Waals surface area contributed by atoms with Crippen molar-refractivity contribution in [1.82, 2.24) is 14.5 Å². The Hall–Kier alpha value is -1.47. The number of nitrogens with two attached hydrogens (primary N) is 1. The van der Waals surface area contributed by atoms with E-state index in [0.29, 0.717) is 24.1 Å². The van der Waals surface area contributed by atoms with Crippen molar-refractivity contribution in [2.75, 3.05) is 18.1 Å². The number of aromatic nitrogens is 3. The number of fused-ring (bicyclic) bond motifs is 1. The Morgan fingerprint density at radius 1 is 1.21 bits per heavy atom. The number of aryl methyl sites for hydroxylation is 2. The molecular weight excluding hydrogens is 427 g/mol. The quantitative estimate of drug-likeness (QED) is 0.296. The molecule has 0 fully saturated rings. The van der Waals surface area contributed by atoms with Crippen molar-refractivity contribution in [3.8, 4) is 0 Å². The van der Waals surface area contributed by atoms with E-state index in [9.17, 15) is 0 Å². The van der Waals surface area contributed by atoms with Crippen molar-refractivity contribution in [2.45, 2.75) is 51.2 Å². The van der Waals surface area contributed by atoms with Crippen LogP contribution in [0, 0.1) is 6.92 Å². The van der Waals surface area contributed by atoms with Gasteiger partial charge in [0.25, 0.3) is 0 Å². The third kappa shape index (κ3) is 5.57. The maximum Gasteiger partial charge on any atom is 0.151 e. The van der Waals surface area contributed by atoms with Crippen LogP contribution >= 0.6 is 35.0 Å². The van der Waals surface area contributed by atoms with Crippen LogP contribution in [0.4, 0.5) is 5.82 Å². The highest BCUT2D eigenvalue weighted by molar-refractivity contribution is 7.99. The van der Waals surface area contributed by atoms with Crippen molar-refractivity contribution >= 4 is 51.8 Å². The number of hydrogen-bond donors (Lipinski definition) is 1. The van der Waals surface area contributed by atoms with Crippen LogP contribution in [0.15, 0.2) is 29.3 Å². The zero-order chi connectivity index (χ0) is 20.8. The lowest BCUT2D eigenvalue weighted by atomic mass is 10.2. The Labute approximate surface area is 185 Å². The van der Waals surface area contributed by atoms with Crippen molar-refractivity contribution in [1.29, 1.82) is 0 Å². The molecule has 3 rings (SSSR count). The highest BCUT2D eigenvalue weighted by atomic mass is 35.5. The predicted octanol–water partition coefficient (Wildman–Crippen LogP) is 6.13. The van der Waals surface area contributed by atoms with E-state index in [-0.39, 0.29) is 0 Å². The minimum Gasteiger partial charge on any atom is -0.382 e. The van der Waals surface area contributed by atoms with E-state index in [2.05, 4.69) is 9.55 Å². The number of anilines is 1. The van der Waals surface area contributed by atoms with Crippen LogP contribution in [0.5, 0.6) is 0 Å². The summed E-state index contributed by atoms with van der Waals surface area (Å²) >= 11 is 14.0. The number of unbranched alkanes of at least 4 members (excludes halogenated alkanes) is 2. The standard InChI is InChI=1S/C21H26Cl2N4OS/c1-3-28-13-18-26-19-20(14(2)12-25-21(19)24)27(18)9-5-4-6-10-29-17-8-7-15(22)11-16(17)23/h7-8,11-12H,3-6,9-10,13H2,1-2H3,(H2,24,25). The van der Waals surface area contributed by atoms with Crippen LogP contribution in [-0.4, -0.2) is 26.9 Å². The molecule has 0 radical (unpaired) electrons. The average Bonchev–Trinajstić information content (AvgIpc) is 3.07. The molecule has 0 saturated heterocycles. The van der Waals surface area contributed by atoms with Crippen molar-refractivity contribution in [3.63, 3.8) is 0 Å². The summed E-state index contributed by atoms with van der Waals surface area (Å²) in [5.41, 5.74) is 8.97. The van der Waals surface area contributed by atoms with Crippen LogP contribution in [-0.2, 0) is 17.9 Å². The molecule has 2 aromatic heterocycles. The third-order valence-corrected chi connectivity index (χ3v) is 6.49. The van der Waals surface area contributed by atoms with Gasteiger partial charge in [0.15, 0.2) is 5.82 Å². The highest BCUT2D eigenvalue weighted by Crippen LogP contribution is 2.30. The molecule has 0 aliphatic heterocycles. The molecule has 8 heteroatoms. The second-order valence-corrected chi connectivity index (χ2v) is 8.80. The first-order valence-corrected chi connectivity index (χ1v) is 11.5. The molecule has 0 atom stereocenters. The fourth-order valence-electron chi connectivity index (χ4n) is 3.23. The average molecular weight is 453 g/mol. The molecule has 29 heavy (non-hydrogen) atoms. The molecule has 0 aliphatic carbocycles. The summed E-state index contributed by atoms with van der Waals surface area (Å²) in [5.74, 6) is 2.40. The molecule has 0 amide bonds. The summed E-state index contributed by atoms with van der Waals surface area (Å²) in [7, 11) is 0. The number of imidazole rings is 1. The van der Waals surface area contributed by atoms with Gasteiger partial charge >= 0.3 is 0 Å². The lowest BCUT2D eigenvalue weighted by molar-refractivity contribution is 0.126. The molecule has 156 valence electrons. The summed E-state index contributed by atoms with van der Waals surface area (Å²) in [6.07, 6.45) is 5.10. The van der Waals surface area contributed by atoms with Gasteiger partial charge in [-0.15, -0.1) is 11.8 Å². The largest absolute Gasteiger partial charge is 0.382 e. The second-order valence-electron chi connectivity index (χ2n) is 6.82. The van der Waals surface area contributed by atoms with E-state index in [1.807, 2.05) is 32.2 Å². The number of pyridine rings is 1. The maximum absolute atomic E-state index is 6.24. The first-order chi connectivity index (χ1) is 14.0. The summed E-state index contributed by atoms with van der Waals surface area (Å²) in [5, 5.41) is 1.38. The molecule has 0 unspecified atom stereocenters.